The molecule has 0 radical (unpaired) electrons. The highest BCUT2D eigenvalue weighted by atomic mass is 127. The third-order valence-electron chi connectivity index (χ3n) is 4.31. The molecule has 1 aromatic carbocycles. The number of piperazine rings is 1. The lowest BCUT2D eigenvalue weighted by molar-refractivity contribution is 0.0186. The Kier molecular flexibility index (Phi) is 10.0. The zero-order valence-electron chi connectivity index (χ0n) is 17.4. The maximum absolute atomic E-state index is 12.1. The van der Waals surface area contributed by atoms with Crippen LogP contribution >= 0.6 is 24.0 Å². The number of benzene rings is 1. The lowest BCUT2D eigenvalue weighted by Gasteiger charge is -2.36. The number of carbonyl (C=O) groups excluding carboxylic acids is 1. The van der Waals surface area contributed by atoms with E-state index in [4.69, 9.17) is 10.5 Å². The van der Waals surface area contributed by atoms with Crippen LogP contribution in [0.25, 0.3) is 0 Å². The van der Waals surface area contributed by atoms with Crippen molar-refractivity contribution in [2.24, 2.45) is 10.7 Å². The largest absolute Gasteiger partial charge is 0.444 e. The summed E-state index contributed by atoms with van der Waals surface area (Å²) < 4.78 is 5.41. The highest BCUT2D eigenvalue weighted by Crippen LogP contribution is 2.11. The molecular formula is C20H34IN5O2. The summed E-state index contributed by atoms with van der Waals surface area (Å²) in [5.41, 5.74) is 6.95. The number of ether oxygens (including phenoxy) is 1. The molecule has 1 aliphatic rings. The smallest absolute Gasteiger partial charge is 0.410 e. The van der Waals surface area contributed by atoms with Gasteiger partial charge in [0.25, 0.3) is 0 Å². The van der Waals surface area contributed by atoms with Crippen molar-refractivity contribution in [1.82, 2.24) is 14.7 Å². The molecule has 0 aliphatic carbocycles. The van der Waals surface area contributed by atoms with E-state index in [1.54, 1.807) is 4.90 Å². The first kappa shape index (κ1) is 24.5. The van der Waals surface area contributed by atoms with E-state index in [1.165, 1.54) is 5.56 Å². The second kappa shape index (κ2) is 11.5. The van der Waals surface area contributed by atoms with Gasteiger partial charge in [-0.2, -0.15) is 0 Å². The Labute approximate surface area is 185 Å². The van der Waals surface area contributed by atoms with Crippen molar-refractivity contribution in [3.63, 3.8) is 0 Å². The number of nitrogens with two attached hydrogens (primary N) is 1. The predicted octanol–water partition coefficient (Wildman–Crippen LogP) is 2.60. The highest BCUT2D eigenvalue weighted by molar-refractivity contribution is 14.0. The zero-order chi connectivity index (χ0) is 19.9. The Morgan fingerprint density at radius 3 is 2.29 bits per heavy atom. The van der Waals surface area contributed by atoms with Crippen LogP contribution in [0.2, 0.25) is 0 Å². The van der Waals surface area contributed by atoms with Crippen LogP contribution in [0.1, 0.15) is 26.3 Å². The fourth-order valence-corrected chi connectivity index (χ4v) is 2.85. The van der Waals surface area contributed by atoms with Crippen LogP contribution in [0, 0.1) is 0 Å². The van der Waals surface area contributed by atoms with E-state index in [2.05, 4.69) is 41.2 Å². The number of halogens is 1. The zero-order valence-corrected chi connectivity index (χ0v) is 19.8. The first-order chi connectivity index (χ1) is 12.7. The summed E-state index contributed by atoms with van der Waals surface area (Å²) in [5.74, 6) is 0.548. The first-order valence-corrected chi connectivity index (χ1v) is 9.50. The molecule has 1 aliphatic heterocycles. The maximum Gasteiger partial charge on any atom is 0.410 e. The van der Waals surface area contributed by atoms with Gasteiger partial charge in [-0.25, -0.2) is 4.79 Å². The fraction of sp³-hybridized carbons (Fsp3) is 0.600. The van der Waals surface area contributed by atoms with Gasteiger partial charge in [0.1, 0.15) is 5.60 Å². The van der Waals surface area contributed by atoms with E-state index in [-0.39, 0.29) is 30.1 Å². The van der Waals surface area contributed by atoms with Gasteiger partial charge in [0.2, 0.25) is 0 Å². The molecule has 1 fully saturated rings. The van der Waals surface area contributed by atoms with E-state index < -0.39 is 5.60 Å². The lowest BCUT2D eigenvalue weighted by atomic mass is 10.2. The molecule has 1 aromatic rings. The molecule has 8 heteroatoms. The van der Waals surface area contributed by atoms with Crippen LogP contribution in [-0.2, 0) is 11.3 Å². The van der Waals surface area contributed by atoms with Crippen molar-refractivity contribution >= 4 is 36.0 Å². The van der Waals surface area contributed by atoms with Gasteiger partial charge in [-0.3, -0.25) is 4.99 Å². The van der Waals surface area contributed by atoms with Crippen molar-refractivity contribution in [2.45, 2.75) is 32.9 Å². The van der Waals surface area contributed by atoms with Crippen LogP contribution in [0.4, 0.5) is 4.79 Å². The normalized spacial score (nSPS) is 15.4. The number of hydrogen-bond donors (Lipinski definition) is 1. The molecule has 0 unspecified atom stereocenters. The number of guanidine groups is 1. The molecule has 28 heavy (non-hydrogen) atoms. The average molecular weight is 503 g/mol. The third kappa shape index (κ3) is 8.64. The number of rotatable bonds is 5. The third-order valence-corrected chi connectivity index (χ3v) is 4.31. The average Bonchev–Trinajstić information content (AvgIpc) is 2.61. The van der Waals surface area contributed by atoms with Gasteiger partial charge in [0.15, 0.2) is 5.96 Å². The molecule has 158 valence electrons. The van der Waals surface area contributed by atoms with Gasteiger partial charge >= 0.3 is 6.09 Å². The molecular weight excluding hydrogens is 469 g/mol. The van der Waals surface area contributed by atoms with E-state index >= 15 is 0 Å². The highest BCUT2D eigenvalue weighted by Gasteiger charge is 2.26. The summed E-state index contributed by atoms with van der Waals surface area (Å²) in [4.78, 5) is 22.6. The van der Waals surface area contributed by atoms with E-state index in [0.29, 0.717) is 38.7 Å². The van der Waals surface area contributed by atoms with Crippen LogP contribution in [0.5, 0.6) is 0 Å². The quantitative estimate of drug-likeness (QED) is 0.380. The van der Waals surface area contributed by atoms with Crippen LogP contribution in [-0.4, -0.2) is 78.7 Å². The number of nitrogens with zero attached hydrogens (tertiary/aromatic N) is 4. The van der Waals surface area contributed by atoms with E-state index in [0.717, 1.165) is 13.1 Å². The molecule has 7 nitrogen and oxygen atoms in total. The Morgan fingerprint density at radius 1 is 1.14 bits per heavy atom. The van der Waals surface area contributed by atoms with Crippen LogP contribution in [0.3, 0.4) is 0 Å². The first-order valence-electron chi connectivity index (χ1n) is 9.50. The number of aliphatic imine (C=N–C) groups is 1. The molecule has 1 saturated heterocycles. The Bertz CT molecular complexity index is 625. The molecule has 0 atom stereocenters. The number of carbonyl (C=O) groups is 1. The van der Waals surface area contributed by atoms with Crippen LogP contribution < -0.4 is 5.73 Å². The molecule has 0 spiro atoms. The summed E-state index contributed by atoms with van der Waals surface area (Å²) >= 11 is 0. The maximum atomic E-state index is 12.1. The summed E-state index contributed by atoms with van der Waals surface area (Å²) in [6, 6.07) is 10.4. The molecule has 0 saturated carbocycles. The van der Waals surface area contributed by atoms with Crippen molar-refractivity contribution < 1.29 is 9.53 Å². The predicted molar refractivity (Wildman–Crippen MR) is 124 cm³/mol. The lowest BCUT2D eigenvalue weighted by Crippen LogP contribution is -2.53. The van der Waals surface area contributed by atoms with Crippen molar-refractivity contribution in [3.05, 3.63) is 35.9 Å². The van der Waals surface area contributed by atoms with E-state index in [9.17, 15) is 4.79 Å². The molecule has 1 amide bonds. The van der Waals surface area contributed by atoms with Crippen molar-refractivity contribution in [3.8, 4) is 0 Å². The Balaban J connectivity index is 0.00000392. The van der Waals surface area contributed by atoms with E-state index in [1.807, 2.05) is 31.7 Å². The Hall–Kier alpha value is -1.55. The minimum absolute atomic E-state index is 0. The summed E-state index contributed by atoms with van der Waals surface area (Å²) in [5, 5.41) is 0. The Morgan fingerprint density at radius 2 is 1.71 bits per heavy atom. The molecule has 2 N–H and O–H groups in total. The standard InChI is InChI=1S/C20H33N5O2.HI/c1-20(2,3)27-19(26)25-14-12-24(13-15-25)18(21)22-10-11-23(4)16-17-8-6-5-7-9-17;/h5-9H,10-16H2,1-4H3,(H2,21,22);1H. The second-order valence-corrected chi connectivity index (χ2v) is 7.92. The van der Waals surface area contributed by atoms with Gasteiger partial charge in [0.05, 0.1) is 6.54 Å². The molecule has 0 aromatic heterocycles. The fourth-order valence-electron chi connectivity index (χ4n) is 2.85. The number of amides is 1. The second-order valence-electron chi connectivity index (χ2n) is 7.92. The summed E-state index contributed by atoms with van der Waals surface area (Å²) in [7, 11) is 2.08. The molecule has 1 heterocycles. The summed E-state index contributed by atoms with van der Waals surface area (Å²) in [6.45, 7) is 10.6. The number of hydrogen-bond acceptors (Lipinski definition) is 4. The topological polar surface area (TPSA) is 74.4 Å². The molecule has 2 rings (SSSR count). The van der Waals surface area contributed by atoms with Gasteiger partial charge < -0.3 is 25.2 Å². The minimum Gasteiger partial charge on any atom is -0.444 e. The monoisotopic (exact) mass is 503 g/mol. The SMILES string of the molecule is CN(CCN=C(N)N1CCN(C(=O)OC(C)(C)C)CC1)Cc1ccccc1.I. The minimum atomic E-state index is -0.472. The number of likely N-dealkylation sites (N-methyl/N-ethyl adjacent to an activating group) is 1. The molecule has 0 bridgehead atoms. The van der Waals surface area contributed by atoms with Crippen molar-refractivity contribution in [2.75, 3.05) is 46.3 Å². The van der Waals surface area contributed by atoms with Gasteiger partial charge in [-0.15, -0.1) is 24.0 Å². The van der Waals surface area contributed by atoms with Gasteiger partial charge in [0, 0.05) is 39.3 Å². The van der Waals surface area contributed by atoms with Crippen LogP contribution in [0.15, 0.2) is 35.3 Å². The van der Waals surface area contributed by atoms with Gasteiger partial charge in [-0.05, 0) is 33.4 Å². The van der Waals surface area contributed by atoms with Crippen molar-refractivity contribution in [1.29, 1.82) is 0 Å². The summed E-state index contributed by atoms with van der Waals surface area (Å²) in [6.07, 6.45) is -0.264. The van der Waals surface area contributed by atoms with Gasteiger partial charge in [-0.1, -0.05) is 30.3 Å².